The Labute approximate surface area is 169 Å². The Morgan fingerprint density at radius 2 is 1.82 bits per heavy atom. The van der Waals surface area contributed by atoms with Crippen LogP contribution in [0.2, 0.25) is 0 Å². The first-order valence-electron chi connectivity index (χ1n) is 9.98. The normalized spacial score (nSPS) is 17.7. The average Bonchev–Trinajstić information content (AvgIpc) is 3.51. The average molecular weight is 393 g/mol. The Bertz CT molecular complexity index is 960. The minimum Gasteiger partial charge on any atom is -0.496 e. The smallest absolute Gasteiger partial charge is 0.133 e. The molecule has 6 heteroatoms. The maximum absolute atomic E-state index is 5.49. The third kappa shape index (κ3) is 3.49. The molecule has 0 unspecified atom stereocenters. The fraction of sp³-hybridized carbons (Fsp3) is 0.409. The minimum atomic E-state index is 0.523. The molecule has 144 valence electrons. The number of piperidine rings is 1. The highest BCUT2D eigenvalue weighted by Crippen LogP contribution is 2.39. The van der Waals surface area contributed by atoms with E-state index in [-0.39, 0.29) is 0 Å². The van der Waals surface area contributed by atoms with Crippen LogP contribution in [0.15, 0.2) is 41.9 Å². The van der Waals surface area contributed by atoms with Gasteiger partial charge in [-0.25, -0.2) is 15.0 Å². The van der Waals surface area contributed by atoms with Gasteiger partial charge in [0.05, 0.1) is 17.8 Å². The second kappa shape index (κ2) is 7.51. The lowest BCUT2D eigenvalue weighted by molar-refractivity contribution is 0.416. The lowest BCUT2D eigenvalue weighted by Crippen LogP contribution is -2.33. The SMILES string of the molecule is COc1ccccc1-c1csc(C2CCN(c3ccnc(C4CC4)n3)CC2)n1. The number of aromatic nitrogens is 3. The standard InChI is InChI=1S/C22H24N4OS/c1-27-19-5-3-2-4-17(19)18-14-28-22(24-18)16-9-12-26(13-10-16)20-8-11-23-21(25-20)15-6-7-15/h2-5,8,11,14-16H,6-7,9-10,12-13H2,1H3. The van der Waals surface area contributed by atoms with Crippen LogP contribution in [0.4, 0.5) is 5.82 Å². The second-order valence-electron chi connectivity index (χ2n) is 7.58. The maximum atomic E-state index is 5.49. The molecule has 1 saturated carbocycles. The summed E-state index contributed by atoms with van der Waals surface area (Å²) in [5.74, 6) is 4.12. The Morgan fingerprint density at radius 3 is 2.61 bits per heavy atom. The first kappa shape index (κ1) is 17.6. The highest BCUT2D eigenvalue weighted by atomic mass is 32.1. The molecular weight excluding hydrogens is 368 g/mol. The van der Waals surface area contributed by atoms with Crippen molar-refractivity contribution < 1.29 is 4.74 Å². The van der Waals surface area contributed by atoms with Crippen molar-refractivity contribution in [1.29, 1.82) is 0 Å². The summed E-state index contributed by atoms with van der Waals surface area (Å²) in [5, 5.41) is 3.40. The first-order chi connectivity index (χ1) is 13.8. The number of para-hydroxylation sites is 1. The van der Waals surface area contributed by atoms with Crippen LogP contribution in [0.25, 0.3) is 11.3 Å². The number of rotatable bonds is 5. The molecule has 2 aliphatic rings. The molecule has 0 N–H and O–H groups in total. The molecule has 3 aromatic rings. The number of thiazole rings is 1. The lowest BCUT2D eigenvalue weighted by atomic mass is 9.97. The number of hydrogen-bond donors (Lipinski definition) is 0. The molecule has 1 saturated heterocycles. The number of anilines is 1. The van der Waals surface area contributed by atoms with E-state index in [1.807, 2.05) is 24.4 Å². The zero-order valence-corrected chi connectivity index (χ0v) is 16.9. The molecule has 5 rings (SSSR count). The van der Waals surface area contributed by atoms with E-state index < -0.39 is 0 Å². The van der Waals surface area contributed by atoms with Crippen molar-refractivity contribution in [2.45, 2.75) is 37.5 Å². The fourth-order valence-electron chi connectivity index (χ4n) is 3.89. The van der Waals surface area contributed by atoms with Crippen LogP contribution in [0.3, 0.4) is 0 Å². The first-order valence-corrected chi connectivity index (χ1v) is 10.9. The molecule has 0 amide bonds. The molecule has 28 heavy (non-hydrogen) atoms. The van der Waals surface area contributed by atoms with E-state index >= 15 is 0 Å². The van der Waals surface area contributed by atoms with Crippen LogP contribution in [-0.2, 0) is 0 Å². The zero-order valence-electron chi connectivity index (χ0n) is 16.0. The van der Waals surface area contributed by atoms with Gasteiger partial charge in [-0.05, 0) is 43.9 Å². The van der Waals surface area contributed by atoms with Gasteiger partial charge >= 0.3 is 0 Å². The van der Waals surface area contributed by atoms with E-state index in [1.165, 1.54) is 17.8 Å². The van der Waals surface area contributed by atoms with Crippen molar-refractivity contribution in [2.75, 3.05) is 25.1 Å². The van der Waals surface area contributed by atoms with Crippen molar-refractivity contribution in [2.24, 2.45) is 0 Å². The topological polar surface area (TPSA) is 51.1 Å². The molecule has 1 aliphatic heterocycles. The van der Waals surface area contributed by atoms with E-state index in [2.05, 4.69) is 27.4 Å². The zero-order chi connectivity index (χ0) is 18.9. The van der Waals surface area contributed by atoms with Gasteiger partial charge in [-0.15, -0.1) is 11.3 Å². The van der Waals surface area contributed by atoms with Crippen molar-refractivity contribution in [3.05, 3.63) is 52.7 Å². The Hall–Kier alpha value is -2.47. The Kier molecular flexibility index (Phi) is 4.72. The molecule has 2 aromatic heterocycles. The number of benzene rings is 1. The third-order valence-corrected chi connectivity index (χ3v) is 6.68. The minimum absolute atomic E-state index is 0.523. The number of methoxy groups -OCH3 is 1. The summed E-state index contributed by atoms with van der Waals surface area (Å²) >= 11 is 1.77. The van der Waals surface area contributed by atoms with Crippen LogP contribution >= 0.6 is 11.3 Å². The largest absolute Gasteiger partial charge is 0.496 e. The quantitative estimate of drug-likeness (QED) is 0.620. The van der Waals surface area contributed by atoms with E-state index in [0.29, 0.717) is 11.8 Å². The molecule has 1 aromatic carbocycles. The highest BCUT2D eigenvalue weighted by Gasteiger charge is 2.28. The summed E-state index contributed by atoms with van der Waals surface area (Å²) in [4.78, 5) is 16.6. The number of nitrogens with zero attached hydrogens (tertiary/aromatic N) is 4. The molecule has 1 aliphatic carbocycles. The third-order valence-electron chi connectivity index (χ3n) is 5.68. The predicted octanol–water partition coefficient (Wildman–Crippen LogP) is 4.87. The van der Waals surface area contributed by atoms with Gasteiger partial charge in [0.2, 0.25) is 0 Å². The molecular formula is C22H24N4OS. The van der Waals surface area contributed by atoms with Crippen LogP contribution in [0.5, 0.6) is 5.75 Å². The monoisotopic (exact) mass is 392 g/mol. The van der Waals surface area contributed by atoms with Crippen molar-refractivity contribution in [3.63, 3.8) is 0 Å². The Morgan fingerprint density at radius 1 is 1.00 bits per heavy atom. The van der Waals surface area contributed by atoms with Crippen LogP contribution in [0.1, 0.15) is 48.4 Å². The van der Waals surface area contributed by atoms with Gasteiger partial charge in [0.25, 0.3) is 0 Å². The molecule has 0 bridgehead atoms. The maximum Gasteiger partial charge on any atom is 0.133 e. The second-order valence-corrected chi connectivity index (χ2v) is 8.47. The van der Waals surface area contributed by atoms with E-state index in [4.69, 9.17) is 14.7 Å². The van der Waals surface area contributed by atoms with Gasteiger partial charge in [-0.3, -0.25) is 0 Å². The van der Waals surface area contributed by atoms with E-state index in [0.717, 1.165) is 54.6 Å². The summed E-state index contributed by atoms with van der Waals surface area (Å²) in [6.07, 6.45) is 6.62. The summed E-state index contributed by atoms with van der Waals surface area (Å²) < 4.78 is 5.49. The van der Waals surface area contributed by atoms with Crippen LogP contribution in [-0.4, -0.2) is 35.2 Å². The summed E-state index contributed by atoms with van der Waals surface area (Å²) in [7, 11) is 1.71. The van der Waals surface area contributed by atoms with E-state index in [1.54, 1.807) is 18.4 Å². The highest BCUT2D eigenvalue weighted by molar-refractivity contribution is 7.10. The van der Waals surface area contributed by atoms with Gasteiger partial charge in [-0.1, -0.05) is 12.1 Å². The van der Waals surface area contributed by atoms with Crippen LogP contribution < -0.4 is 9.64 Å². The van der Waals surface area contributed by atoms with Crippen molar-refractivity contribution in [1.82, 2.24) is 15.0 Å². The van der Waals surface area contributed by atoms with Gasteiger partial charge in [0, 0.05) is 42.1 Å². The van der Waals surface area contributed by atoms with Gasteiger partial charge in [0.1, 0.15) is 17.4 Å². The molecule has 2 fully saturated rings. The van der Waals surface area contributed by atoms with Gasteiger partial charge in [0.15, 0.2) is 0 Å². The van der Waals surface area contributed by atoms with Gasteiger partial charge < -0.3 is 9.64 Å². The molecule has 0 radical (unpaired) electrons. The summed E-state index contributed by atoms with van der Waals surface area (Å²) in [6.45, 7) is 2.05. The van der Waals surface area contributed by atoms with Crippen molar-refractivity contribution >= 4 is 17.2 Å². The number of hydrogen-bond acceptors (Lipinski definition) is 6. The van der Waals surface area contributed by atoms with E-state index in [9.17, 15) is 0 Å². The summed E-state index contributed by atoms with van der Waals surface area (Å²) in [6, 6.07) is 10.1. The molecule has 0 atom stereocenters. The van der Waals surface area contributed by atoms with Crippen LogP contribution in [0, 0.1) is 0 Å². The molecule has 0 spiro atoms. The summed E-state index contributed by atoms with van der Waals surface area (Å²) in [5.41, 5.74) is 2.09. The van der Waals surface area contributed by atoms with Crippen molar-refractivity contribution in [3.8, 4) is 17.0 Å². The Balaban J connectivity index is 1.27. The van der Waals surface area contributed by atoms with Gasteiger partial charge in [-0.2, -0.15) is 0 Å². The lowest BCUT2D eigenvalue weighted by Gasteiger charge is -2.32. The fourth-order valence-corrected chi connectivity index (χ4v) is 4.88. The molecule has 5 nitrogen and oxygen atoms in total. The predicted molar refractivity (Wildman–Crippen MR) is 112 cm³/mol. The number of ether oxygens (including phenoxy) is 1. The molecule has 3 heterocycles.